The fraction of sp³-hybridized carbons (Fsp3) is 0.222. The molecule has 0 bridgehead atoms. The second-order valence-corrected chi connectivity index (χ2v) is 8.78. The second kappa shape index (κ2) is 9.69. The Morgan fingerprint density at radius 2 is 1.33 bits per heavy atom. The molecule has 9 heteroatoms. The molecule has 1 N–H and O–H groups in total. The van der Waals surface area contributed by atoms with Crippen molar-refractivity contribution in [3.8, 4) is 11.4 Å². The number of ketones is 1. The summed E-state index contributed by atoms with van der Waals surface area (Å²) in [5, 5.41) is 13.6. The van der Waals surface area contributed by atoms with Crippen LogP contribution in [0.4, 0.5) is 15.8 Å². The highest BCUT2D eigenvalue weighted by atomic mass is 19.1. The van der Waals surface area contributed by atoms with Crippen LogP contribution in [0.25, 0.3) is 5.69 Å². The van der Waals surface area contributed by atoms with Gasteiger partial charge in [-0.2, -0.15) is 5.10 Å². The van der Waals surface area contributed by atoms with E-state index in [-0.39, 0.29) is 11.5 Å². The summed E-state index contributed by atoms with van der Waals surface area (Å²) in [4.78, 5) is 30.3. The topological polar surface area (TPSA) is 83.6 Å². The Hall–Kier alpha value is -4.40. The Morgan fingerprint density at radius 3 is 1.89 bits per heavy atom. The fourth-order valence-electron chi connectivity index (χ4n) is 4.44. The number of carbonyl (C=O) groups excluding carboxylic acids is 1. The van der Waals surface area contributed by atoms with Gasteiger partial charge in [-0.05, 0) is 79.7 Å². The summed E-state index contributed by atoms with van der Waals surface area (Å²) in [6, 6.07) is 19.3. The molecule has 0 saturated carbocycles. The van der Waals surface area contributed by atoms with Crippen molar-refractivity contribution in [2.75, 3.05) is 36.0 Å². The maximum atomic E-state index is 13.2. The number of carbonyl (C=O) groups is 1. The van der Waals surface area contributed by atoms with Gasteiger partial charge < -0.3 is 14.9 Å². The van der Waals surface area contributed by atoms with Crippen molar-refractivity contribution in [3.05, 3.63) is 101 Å². The predicted octanol–water partition coefficient (Wildman–Crippen LogP) is 3.65. The number of benzene rings is 3. The van der Waals surface area contributed by atoms with Crippen molar-refractivity contribution in [2.24, 2.45) is 0 Å². The number of hydrogen-bond donors (Lipinski definition) is 1. The zero-order valence-electron chi connectivity index (χ0n) is 19.8. The predicted molar refractivity (Wildman–Crippen MR) is 136 cm³/mol. The summed E-state index contributed by atoms with van der Waals surface area (Å²) in [5.74, 6) is -0.483. The van der Waals surface area contributed by atoms with E-state index in [9.17, 15) is 19.1 Å². The van der Waals surface area contributed by atoms with Crippen LogP contribution in [0.1, 0.15) is 23.3 Å². The van der Waals surface area contributed by atoms with Crippen molar-refractivity contribution in [2.45, 2.75) is 13.0 Å². The number of halogens is 1. The van der Waals surface area contributed by atoms with Gasteiger partial charge in [0.2, 0.25) is 0 Å². The zero-order chi connectivity index (χ0) is 25.2. The minimum Gasteiger partial charge on any atom is -0.508 e. The number of phenolic OH excluding ortho intramolecular Hbond substituents is 1. The third-order valence-corrected chi connectivity index (χ3v) is 6.56. The van der Waals surface area contributed by atoms with Crippen LogP contribution in [-0.4, -0.2) is 51.4 Å². The highest BCUT2D eigenvalue weighted by molar-refractivity contribution is 5.98. The van der Waals surface area contributed by atoms with E-state index in [4.69, 9.17) is 0 Å². The first-order valence-corrected chi connectivity index (χ1v) is 11.8. The number of aromatic nitrogens is 3. The van der Waals surface area contributed by atoms with Crippen LogP contribution in [0.15, 0.2) is 83.9 Å². The van der Waals surface area contributed by atoms with E-state index in [0.29, 0.717) is 11.3 Å². The van der Waals surface area contributed by atoms with E-state index >= 15 is 0 Å². The van der Waals surface area contributed by atoms with E-state index < -0.39 is 17.5 Å². The SMILES string of the molecule is CC(C(=O)c1ccc(F)cc1)n1ncn(-c2ccc(N3CCN(c4ccc(O)cc4)CC3)cc2)c1=O. The lowest BCUT2D eigenvalue weighted by atomic mass is 10.1. The van der Waals surface area contributed by atoms with E-state index in [1.54, 1.807) is 19.1 Å². The van der Waals surface area contributed by atoms with Gasteiger partial charge in [0.15, 0.2) is 5.78 Å². The van der Waals surface area contributed by atoms with Crippen molar-refractivity contribution in [3.63, 3.8) is 0 Å². The minimum absolute atomic E-state index is 0.260. The highest BCUT2D eigenvalue weighted by Gasteiger charge is 2.22. The standard InChI is InChI=1S/C27H26FN5O3/c1-19(26(35)20-2-4-21(28)5-3-20)33-27(36)32(18-29-33)24-8-6-22(7-9-24)30-14-16-31(17-15-30)23-10-12-25(34)13-11-23/h2-13,18-19,34H,14-17H2,1H3. The average molecular weight is 488 g/mol. The average Bonchev–Trinajstić information content (AvgIpc) is 3.30. The first-order valence-electron chi connectivity index (χ1n) is 11.8. The van der Waals surface area contributed by atoms with Crippen molar-refractivity contribution >= 4 is 17.2 Å². The molecule has 2 heterocycles. The summed E-state index contributed by atoms with van der Waals surface area (Å²) < 4.78 is 15.7. The lowest BCUT2D eigenvalue weighted by Crippen LogP contribution is -2.46. The van der Waals surface area contributed by atoms with Crippen molar-refractivity contribution in [1.82, 2.24) is 14.3 Å². The molecule has 8 nitrogen and oxygen atoms in total. The molecule has 4 aromatic rings. The molecular weight excluding hydrogens is 461 g/mol. The lowest BCUT2D eigenvalue weighted by Gasteiger charge is -2.37. The molecule has 3 aromatic carbocycles. The van der Waals surface area contributed by atoms with Crippen LogP contribution in [-0.2, 0) is 0 Å². The number of rotatable bonds is 6. The van der Waals surface area contributed by atoms with E-state index in [0.717, 1.165) is 42.2 Å². The van der Waals surface area contributed by atoms with Crippen LogP contribution < -0.4 is 15.5 Å². The Balaban J connectivity index is 1.26. The molecule has 36 heavy (non-hydrogen) atoms. The number of hydrogen-bond acceptors (Lipinski definition) is 6. The fourth-order valence-corrected chi connectivity index (χ4v) is 4.44. The summed E-state index contributed by atoms with van der Waals surface area (Å²) in [7, 11) is 0. The van der Waals surface area contributed by atoms with Gasteiger partial charge in [0, 0.05) is 43.1 Å². The first-order chi connectivity index (χ1) is 17.4. The third-order valence-electron chi connectivity index (χ3n) is 6.56. The highest BCUT2D eigenvalue weighted by Crippen LogP contribution is 2.23. The molecule has 0 aliphatic carbocycles. The van der Waals surface area contributed by atoms with E-state index in [2.05, 4.69) is 14.9 Å². The molecule has 0 spiro atoms. The molecule has 0 amide bonds. The zero-order valence-corrected chi connectivity index (χ0v) is 19.8. The lowest BCUT2D eigenvalue weighted by molar-refractivity contribution is 0.0925. The largest absolute Gasteiger partial charge is 0.508 e. The van der Waals surface area contributed by atoms with Gasteiger partial charge in [-0.25, -0.2) is 18.4 Å². The van der Waals surface area contributed by atoms with Gasteiger partial charge in [-0.15, -0.1) is 0 Å². The van der Waals surface area contributed by atoms with Crippen LogP contribution in [0.5, 0.6) is 5.75 Å². The Morgan fingerprint density at radius 1 is 0.833 bits per heavy atom. The van der Waals surface area contributed by atoms with Crippen molar-refractivity contribution < 1.29 is 14.3 Å². The van der Waals surface area contributed by atoms with E-state index in [1.165, 1.54) is 35.2 Å². The number of aromatic hydroxyl groups is 1. The molecule has 0 radical (unpaired) electrons. The monoisotopic (exact) mass is 487 g/mol. The van der Waals surface area contributed by atoms with Crippen molar-refractivity contribution in [1.29, 1.82) is 0 Å². The maximum Gasteiger partial charge on any atom is 0.351 e. The number of piperazine rings is 1. The smallest absolute Gasteiger partial charge is 0.351 e. The Kier molecular flexibility index (Phi) is 6.28. The van der Waals surface area contributed by atoms with E-state index in [1.807, 2.05) is 36.4 Å². The number of nitrogens with zero attached hydrogens (tertiary/aromatic N) is 5. The van der Waals surface area contributed by atoms with Gasteiger partial charge in [0.1, 0.15) is 23.9 Å². The number of anilines is 2. The first kappa shape index (κ1) is 23.3. The van der Waals surface area contributed by atoms with Gasteiger partial charge in [0.05, 0.1) is 5.69 Å². The van der Waals surface area contributed by atoms with Crippen LogP contribution in [0.2, 0.25) is 0 Å². The van der Waals surface area contributed by atoms with Crippen LogP contribution in [0.3, 0.4) is 0 Å². The number of phenols is 1. The Labute approximate surface area is 207 Å². The molecule has 1 aromatic heterocycles. The molecule has 1 aliphatic heterocycles. The van der Waals surface area contributed by atoms with Crippen LogP contribution >= 0.6 is 0 Å². The van der Waals surface area contributed by atoms with Gasteiger partial charge in [0.25, 0.3) is 0 Å². The quantitative estimate of drug-likeness (QED) is 0.418. The molecule has 1 saturated heterocycles. The van der Waals surface area contributed by atoms with Gasteiger partial charge >= 0.3 is 5.69 Å². The summed E-state index contributed by atoms with van der Waals surface area (Å²) in [6.07, 6.45) is 1.40. The second-order valence-electron chi connectivity index (χ2n) is 8.78. The molecule has 1 unspecified atom stereocenters. The third kappa shape index (κ3) is 4.59. The molecule has 1 aliphatic rings. The molecule has 1 atom stereocenters. The summed E-state index contributed by atoms with van der Waals surface area (Å²) >= 11 is 0. The summed E-state index contributed by atoms with van der Waals surface area (Å²) in [5.41, 5.74) is 2.70. The summed E-state index contributed by atoms with van der Waals surface area (Å²) in [6.45, 7) is 5.02. The molecule has 184 valence electrons. The van der Waals surface area contributed by atoms with Gasteiger partial charge in [-0.1, -0.05) is 0 Å². The molecule has 5 rings (SSSR count). The molecule has 1 fully saturated rings. The minimum atomic E-state index is -0.826. The Bertz CT molecular complexity index is 1400. The normalized spacial score (nSPS) is 14.6. The van der Waals surface area contributed by atoms with Crippen LogP contribution in [0, 0.1) is 5.82 Å². The van der Waals surface area contributed by atoms with Gasteiger partial charge in [-0.3, -0.25) is 4.79 Å². The number of Topliss-reactive ketones (excluding diaryl/α,β-unsaturated/α-hetero) is 1. The maximum absolute atomic E-state index is 13.2. The molecular formula is C27H26FN5O3.